The van der Waals surface area contributed by atoms with Crippen LogP contribution >= 0.6 is 0 Å². The van der Waals surface area contributed by atoms with Crippen LogP contribution < -0.4 is 15.4 Å². The summed E-state index contributed by atoms with van der Waals surface area (Å²) in [6.07, 6.45) is 0. The van der Waals surface area contributed by atoms with E-state index < -0.39 is 11.1 Å². The summed E-state index contributed by atoms with van der Waals surface area (Å²) in [7, 11) is 0. The predicted octanol–water partition coefficient (Wildman–Crippen LogP) is 2.59. The van der Waals surface area contributed by atoms with Crippen molar-refractivity contribution in [2.24, 2.45) is 0 Å². The van der Waals surface area contributed by atoms with E-state index >= 15 is 0 Å². The van der Waals surface area contributed by atoms with Crippen LogP contribution in [-0.2, 0) is 4.79 Å². The quantitative estimate of drug-likeness (QED) is 0.333. The lowest BCUT2D eigenvalue weighted by atomic mass is 9.97. The number of nitrogens with one attached hydrogen (secondary N) is 2. The van der Waals surface area contributed by atoms with Gasteiger partial charge in [-0.15, -0.1) is 0 Å². The molecule has 0 aliphatic rings. The van der Waals surface area contributed by atoms with E-state index in [2.05, 4.69) is 23.8 Å². The largest absolute Gasteiger partial charge is 0.492 e. The van der Waals surface area contributed by atoms with E-state index in [-0.39, 0.29) is 11.7 Å². The molecule has 27 heavy (non-hydrogen) atoms. The first-order chi connectivity index (χ1) is 12.3. The molecule has 1 aromatic carbocycles. The Hall–Kier alpha value is -2.60. The number of rotatable bonds is 10. The standard InChI is InChI=1S/C21H30N2O4/c1-14(2)19(25)23-20(4,5)15(3)22-12-13-27-17-10-8-16(9-11-17)18(24)21(6,7)26/h8-11,22,26H,1,3,12-13H2,2,4-7H3,(H,23,25). The van der Waals surface area contributed by atoms with Crippen molar-refractivity contribution in [3.8, 4) is 5.75 Å². The Bertz CT molecular complexity index is 713. The molecule has 148 valence electrons. The Kier molecular flexibility index (Phi) is 7.37. The van der Waals surface area contributed by atoms with Gasteiger partial charge in [-0.25, -0.2) is 0 Å². The molecular formula is C21H30N2O4. The van der Waals surface area contributed by atoms with E-state index in [1.807, 2.05) is 13.8 Å². The molecule has 0 saturated heterocycles. The molecule has 0 radical (unpaired) electrons. The second kappa shape index (κ2) is 8.86. The molecule has 1 amide bonds. The average Bonchev–Trinajstić information content (AvgIpc) is 2.57. The van der Waals surface area contributed by atoms with Crippen molar-refractivity contribution in [2.45, 2.75) is 45.8 Å². The van der Waals surface area contributed by atoms with Crippen molar-refractivity contribution in [1.29, 1.82) is 0 Å². The van der Waals surface area contributed by atoms with Crippen molar-refractivity contribution in [2.75, 3.05) is 13.2 Å². The van der Waals surface area contributed by atoms with Crippen LogP contribution in [0, 0.1) is 0 Å². The van der Waals surface area contributed by atoms with Crippen LogP contribution in [0.3, 0.4) is 0 Å². The SMILES string of the molecule is C=C(C)C(=O)NC(C)(C)C(=C)NCCOc1ccc(C(=O)C(C)(C)O)cc1. The number of Topliss-reactive ketones (excluding diaryl/α,β-unsaturated/α-hetero) is 1. The summed E-state index contributed by atoms with van der Waals surface area (Å²) in [5.41, 5.74) is -0.511. The third kappa shape index (κ3) is 6.90. The van der Waals surface area contributed by atoms with Gasteiger partial charge in [0, 0.05) is 23.4 Å². The van der Waals surface area contributed by atoms with Crippen molar-refractivity contribution < 1.29 is 19.4 Å². The summed E-state index contributed by atoms with van der Waals surface area (Å²) in [4.78, 5) is 23.8. The minimum Gasteiger partial charge on any atom is -0.492 e. The number of aliphatic hydroxyl groups is 1. The van der Waals surface area contributed by atoms with Gasteiger partial charge in [-0.1, -0.05) is 13.2 Å². The Morgan fingerprint density at radius 2 is 1.67 bits per heavy atom. The maximum absolute atomic E-state index is 12.0. The fourth-order valence-electron chi connectivity index (χ4n) is 2.11. The van der Waals surface area contributed by atoms with Crippen LogP contribution in [0.5, 0.6) is 5.75 Å². The summed E-state index contributed by atoms with van der Waals surface area (Å²) >= 11 is 0. The van der Waals surface area contributed by atoms with Gasteiger partial charge < -0.3 is 20.5 Å². The van der Waals surface area contributed by atoms with Crippen LogP contribution in [-0.4, -0.2) is 41.1 Å². The van der Waals surface area contributed by atoms with Crippen LogP contribution in [0.1, 0.15) is 45.0 Å². The molecule has 1 rings (SSSR count). The number of amides is 1. The van der Waals surface area contributed by atoms with Gasteiger partial charge in [0.05, 0.1) is 5.54 Å². The molecule has 0 aliphatic heterocycles. The Morgan fingerprint density at radius 1 is 1.11 bits per heavy atom. The van der Waals surface area contributed by atoms with E-state index in [9.17, 15) is 14.7 Å². The molecule has 0 bridgehead atoms. The molecule has 0 saturated carbocycles. The fourth-order valence-corrected chi connectivity index (χ4v) is 2.11. The second-order valence-electron chi connectivity index (χ2n) is 7.53. The zero-order valence-corrected chi connectivity index (χ0v) is 16.8. The lowest BCUT2D eigenvalue weighted by molar-refractivity contribution is -0.118. The molecule has 0 aromatic heterocycles. The van der Waals surface area contributed by atoms with Gasteiger partial charge in [0.2, 0.25) is 5.91 Å². The summed E-state index contributed by atoms with van der Waals surface area (Å²) in [6.45, 7) is 16.7. The van der Waals surface area contributed by atoms with Crippen molar-refractivity contribution >= 4 is 11.7 Å². The molecule has 1 aromatic rings. The smallest absolute Gasteiger partial charge is 0.247 e. The van der Waals surface area contributed by atoms with Gasteiger partial charge in [-0.2, -0.15) is 0 Å². The maximum atomic E-state index is 12.0. The van der Waals surface area contributed by atoms with Gasteiger partial charge >= 0.3 is 0 Å². The molecule has 6 nitrogen and oxygen atoms in total. The minimum absolute atomic E-state index is 0.222. The predicted molar refractivity (Wildman–Crippen MR) is 107 cm³/mol. The highest BCUT2D eigenvalue weighted by Gasteiger charge is 2.25. The number of carbonyl (C=O) groups is 2. The Morgan fingerprint density at radius 3 is 2.15 bits per heavy atom. The highest BCUT2D eigenvalue weighted by Crippen LogP contribution is 2.17. The molecule has 0 fully saturated rings. The summed E-state index contributed by atoms with van der Waals surface area (Å²) < 4.78 is 5.63. The molecular weight excluding hydrogens is 344 g/mol. The molecule has 0 unspecified atom stereocenters. The first-order valence-electron chi connectivity index (χ1n) is 8.76. The van der Waals surface area contributed by atoms with E-state index in [0.717, 1.165) is 0 Å². The van der Waals surface area contributed by atoms with E-state index in [0.29, 0.717) is 35.7 Å². The third-order valence-electron chi connectivity index (χ3n) is 3.95. The zero-order chi connectivity index (χ0) is 20.8. The minimum atomic E-state index is -1.40. The summed E-state index contributed by atoms with van der Waals surface area (Å²) in [5.74, 6) is 0.0514. The number of hydrogen-bond acceptors (Lipinski definition) is 5. The van der Waals surface area contributed by atoms with Crippen LogP contribution in [0.2, 0.25) is 0 Å². The Balaban J connectivity index is 2.48. The highest BCUT2D eigenvalue weighted by atomic mass is 16.5. The van der Waals surface area contributed by atoms with E-state index in [1.165, 1.54) is 13.8 Å². The first kappa shape index (κ1) is 22.4. The van der Waals surface area contributed by atoms with E-state index in [1.54, 1.807) is 31.2 Å². The van der Waals surface area contributed by atoms with E-state index in [4.69, 9.17) is 4.74 Å². The molecule has 0 spiro atoms. The summed E-state index contributed by atoms with van der Waals surface area (Å²) in [6, 6.07) is 6.62. The normalized spacial score (nSPS) is 11.5. The lowest BCUT2D eigenvalue weighted by Gasteiger charge is -2.29. The molecule has 6 heteroatoms. The van der Waals surface area contributed by atoms with Crippen LogP contribution in [0.4, 0.5) is 0 Å². The van der Waals surface area contributed by atoms with Crippen molar-refractivity contribution in [3.05, 3.63) is 54.3 Å². The van der Waals surface area contributed by atoms with Gasteiger partial charge in [-0.05, 0) is 58.9 Å². The molecule has 3 N–H and O–H groups in total. The lowest BCUT2D eigenvalue weighted by Crippen LogP contribution is -2.48. The number of carbonyl (C=O) groups excluding carboxylic acids is 2. The number of hydrogen-bond donors (Lipinski definition) is 3. The second-order valence-corrected chi connectivity index (χ2v) is 7.53. The summed E-state index contributed by atoms with van der Waals surface area (Å²) in [5, 5.41) is 15.7. The molecule has 0 aliphatic carbocycles. The third-order valence-corrected chi connectivity index (χ3v) is 3.95. The topological polar surface area (TPSA) is 87.7 Å². The van der Waals surface area contributed by atoms with Gasteiger partial charge in [-0.3, -0.25) is 9.59 Å². The molecule has 0 heterocycles. The number of ether oxygens (including phenoxy) is 1. The zero-order valence-electron chi connectivity index (χ0n) is 16.8. The Labute approximate surface area is 161 Å². The van der Waals surface area contributed by atoms with Gasteiger partial charge in [0.25, 0.3) is 0 Å². The molecule has 0 atom stereocenters. The first-order valence-corrected chi connectivity index (χ1v) is 8.76. The highest BCUT2D eigenvalue weighted by molar-refractivity contribution is 6.01. The monoisotopic (exact) mass is 374 g/mol. The van der Waals surface area contributed by atoms with Gasteiger partial charge in [0.1, 0.15) is 18.0 Å². The maximum Gasteiger partial charge on any atom is 0.247 e. The van der Waals surface area contributed by atoms with Crippen LogP contribution in [0.25, 0.3) is 0 Å². The number of ketones is 1. The van der Waals surface area contributed by atoms with Crippen molar-refractivity contribution in [1.82, 2.24) is 10.6 Å². The average molecular weight is 374 g/mol. The fraction of sp³-hybridized carbons (Fsp3) is 0.429. The van der Waals surface area contributed by atoms with Crippen molar-refractivity contribution in [3.63, 3.8) is 0 Å². The van der Waals surface area contributed by atoms with Gasteiger partial charge in [0.15, 0.2) is 5.78 Å². The van der Waals surface area contributed by atoms with Crippen LogP contribution in [0.15, 0.2) is 48.7 Å². The number of benzene rings is 1.